The fraction of sp³-hybridized carbons (Fsp3) is 0.250. The van der Waals surface area contributed by atoms with Gasteiger partial charge in [0.15, 0.2) is 0 Å². The summed E-state index contributed by atoms with van der Waals surface area (Å²) in [5, 5.41) is 0.707. The number of anilines is 1. The summed E-state index contributed by atoms with van der Waals surface area (Å²) in [5.41, 5.74) is 7.63. The van der Waals surface area contributed by atoms with Crippen LogP contribution in [0.5, 0.6) is 5.75 Å². The van der Waals surface area contributed by atoms with Crippen molar-refractivity contribution in [2.75, 3.05) is 11.5 Å². The average molecular weight is 432 g/mol. The summed E-state index contributed by atoms with van der Waals surface area (Å²) in [7, 11) is 0. The van der Waals surface area contributed by atoms with Gasteiger partial charge in [-0.05, 0) is 49.7 Å². The number of fused-ring (bicyclic) bond motifs is 1. The number of pyridine rings is 1. The van der Waals surface area contributed by atoms with Crippen molar-refractivity contribution in [3.8, 4) is 5.75 Å². The van der Waals surface area contributed by atoms with Gasteiger partial charge in [-0.3, -0.25) is 24.8 Å². The SMILES string of the molecule is CCCOc1ccc(N2C(=O)CC(NNC(=O)c3cc(C)nc4ccccc34)C2=O)cc1. The van der Waals surface area contributed by atoms with Gasteiger partial charge in [-0.2, -0.15) is 0 Å². The predicted molar refractivity (Wildman–Crippen MR) is 120 cm³/mol. The van der Waals surface area contributed by atoms with Crippen LogP contribution in [0.2, 0.25) is 0 Å². The van der Waals surface area contributed by atoms with Crippen LogP contribution in [0.15, 0.2) is 54.6 Å². The Bertz CT molecular complexity index is 1180. The number of carbonyl (C=O) groups excluding carboxylic acids is 3. The molecule has 32 heavy (non-hydrogen) atoms. The van der Waals surface area contributed by atoms with E-state index < -0.39 is 17.9 Å². The number of amides is 3. The Balaban J connectivity index is 1.44. The first kappa shape index (κ1) is 21.5. The number of carbonyl (C=O) groups is 3. The number of hydrogen-bond donors (Lipinski definition) is 2. The minimum absolute atomic E-state index is 0.0523. The fourth-order valence-electron chi connectivity index (χ4n) is 3.64. The molecule has 2 N–H and O–H groups in total. The highest BCUT2D eigenvalue weighted by Gasteiger charge is 2.39. The van der Waals surface area contributed by atoms with E-state index in [1.807, 2.05) is 38.1 Å². The summed E-state index contributed by atoms with van der Waals surface area (Å²) < 4.78 is 5.54. The molecular weight excluding hydrogens is 408 g/mol. The van der Waals surface area contributed by atoms with Crippen LogP contribution in [-0.2, 0) is 9.59 Å². The van der Waals surface area contributed by atoms with Gasteiger partial charge in [-0.1, -0.05) is 25.1 Å². The van der Waals surface area contributed by atoms with Gasteiger partial charge in [0.05, 0.1) is 29.8 Å². The van der Waals surface area contributed by atoms with Crippen LogP contribution in [-0.4, -0.2) is 35.4 Å². The van der Waals surface area contributed by atoms with Gasteiger partial charge >= 0.3 is 0 Å². The molecule has 8 heteroatoms. The highest BCUT2D eigenvalue weighted by Crippen LogP contribution is 2.25. The maximum Gasteiger partial charge on any atom is 0.266 e. The zero-order valence-electron chi connectivity index (χ0n) is 17.9. The number of para-hydroxylation sites is 1. The van der Waals surface area contributed by atoms with E-state index in [4.69, 9.17) is 4.74 Å². The summed E-state index contributed by atoms with van der Waals surface area (Å²) in [6.07, 6.45) is 0.835. The lowest BCUT2D eigenvalue weighted by atomic mass is 10.1. The number of hydrogen-bond acceptors (Lipinski definition) is 6. The van der Waals surface area contributed by atoms with E-state index in [-0.39, 0.29) is 12.3 Å². The first-order chi connectivity index (χ1) is 15.5. The minimum atomic E-state index is -0.850. The number of nitrogens with zero attached hydrogens (tertiary/aromatic N) is 2. The van der Waals surface area contributed by atoms with Crippen molar-refractivity contribution >= 4 is 34.3 Å². The largest absolute Gasteiger partial charge is 0.494 e. The maximum absolute atomic E-state index is 12.8. The lowest BCUT2D eigenvalue weighted by Gasteiger charge is -2.17. The van der Waals surface area contributed by atoms with E-state index >= 15 is 0 Å². The van der Waals surface area contributed by atoms with Crippen LogP contribution >= 0.6 is 0 Å². The Hall–Kier alpha value is -3.78. The number of aromatic nitrogens is 1. The molecule has 0 bridgehead atoms. The highest BCUT2D eigenvalue weighted by atomic mass is 16.5. The van der Waals surface area contributed by atoms with Gasteiger partial charge in [-0.25, -0.2) is 10.3 Å². The second-order valence-electron chi connectivity index (χ2n) is 7.59. The Morgan fingerprint density at radius 1 is 1.16 bits per heavy atom. The maximum atomic E-state index is 12.8. The van der Waals surface area contributed by atoms with Crippen molar-refractivity contribution < 1.29 is 19.1 Å². The monoisotopic (exact) mass is 432 g/mol. The van der Waals surface area contributed by atoms with Crippen molar-refractivity contribution in [3.63, 3.8) is 0 Å². The van der Waals surface area contributed by atoms with E-state index in [0.29, 0.717) is 40.2 Å². The fourth-order valence-corrected chi connectivity index (χ4v) is 3.64. The number of ether oxygens (including phenoxy) is 1. The lowest BCUT2D eigenvalue weighted by molar-refractivity contribution is -0.121. The van der Waals surface area contributed by atoms with E-state index in [9.17, 15) is 14.4 Å². The molecule has 164 valence electrons. The van der Waals surface area contributed by atoms with Crippen LogP contribution < -0.4 is 20.5 Å². The first-order valence-electron chi connectivity index (χ1n) is 10.5. The normalized spacial score (nSPS) is 15.9. The molecule has 1 aromatic heterocycles. The molecule has 1 unspecified atom stereocenters. The second kappa shape index (κ2) is 9.15. The van der Waals surface area contributed by atoms with Gasteiger partial charge in [0.1, 0.15) is 11.8 Å². The van der Waals surface area contributed by atoms with E-state index in [1.165, 1.54) is 0 Å². The molecule has 0 radical (unpaired) electrons. The highest BCUT2D eigenvalue weighted by molar-refractivity contribution is 6.22. The third-order valence-electron chi connectivity index (χ3n) is 5.16. The van der Waals surface area contributed by atoms with Crippen LogP contribution in [0.1, 0.15) is 35.8 Å². The Morgan fingerprint density at radius 3 is 2.66 bits per heavy atom. The van der Waals surface area contributed by atoms with E-state index in [1.54, 1.807) is 30.3 Å². The minimum Gasteiger partial charge on any atom is -0.494 e. The van der Waals surface area contributed by atoms with E-state index in [0.717, 1.165) is 11.3 Å². The molecule has 0 saturated carbocycles. The molecule has 3 amide bonds. The van der Waals surface area contributed by atoms with Crippen LogP contribution in [0.4, 0.5) is 5.69 Å². The molecule has 4 rings (SSSR count). The molecule has 1 aliphatic rings. The summed E-state index contributed by atoms with van der Waals surface area (Å²) in [4.78, 5) is 43.7. The molecule has 3 aromatic rings. The molecule has 1 saturated heterocycles. The van der Waals surface area contributed by atoms with Gasteiger partial charge in [0.2, 0.25) is 5.91 Å². The Morgan fingerprint density at radius 2 is 1.91 bits per heavy atom. The zero-order chi connectivity index (χ0) is 22.7. The third-order valence-corrected chi connectivity index (χ3v) is 5.16. The number of rotatable bonds is 7. The van der Waals surface area contributed by atoms with Gasteiger partial charge in [0.25, 0.3) is 11.8 Å². The van der Waals surface area contributed by atoms with E-state index in [2.05, 4.69) is 15.8 Å². The molecule has 2 aromatic carbocycles. The Kier molecular flexibility index (Phi) is 6.13. The van der Waals surface area contributed by atoms with Crippen molar-refractivity contribution in [1.82, 2.24) is 15.8 Å². The summed E-state index contributed by atoms with van der Waals surface area (Å²) in [6.45, 7) is 4.42. The molecule has 8 nitrogen and oxygen atoms in total. The summed E-state index contributed by atoms with van der Waals surface area (Å²) in [6, 6.07) is 15.0. The number of nitrogens with one attached hydrogen (secondary N) is 2. The molecular formula is C24H24N4O4. The van der Waals surface area contributed by atoms with Crippen LogP contribution in [0, 0.1) is 6.92 Å². The van der Waals surface area contributed by atoms with Crippen molar-refractivity contribution in [1.29, 1.82) is 0 Å². The lowest BCUT2D eigenvalue weighted by Crippen LogP contribution is -2.48. The van der Waals surface area contributed by atoms with Crippen molar-refractivity contribution in [2.24, 2.45) is 0 Å². The number of aryl methyl sites for hydroxylation is 1. The topological polar surface area (TPSA) is 101 Å². The number of hydrazine groups is 1. The zero-order valence-corrected chi connectivity index (χ0v) is 17.9. The third kappa shape index (κ3) is 4.31. The molecule has 2 heterocycles. The van der Waals surface area contributed by atoms with Crippen LogP contribution in [0.3, 0.4) is 0 Å². The summed E-state index contributed by atoms with van der Waals surface area (Å²) in [5.74, 6) is -0.484. The molecule has 1 fully saturated rings. The van der Waals surface area contributed by atoms with Gasteiger partial charge < -0.3 is 4.74 Å². The second-order valence-corrected chi connectivity index (χ2v) is 7.59. The molecule has 1 aliphatic heterocycles. The standard InChI is InChI=1S/C24H24N4O4/c1-3-12-32-17-10-8-16(9-11-17)28-22(29)14-21(24(28)31)26-27-23(30)19-13-15(2)25-20-7-5-4-6-18(19)20/h4-11,13,21,26H,3,12,14H2,1-2H3,(H,27,30). The summed E-state index contributed by atoms with van der Waals surface area (Å²) >= 11 is 0. The Labute approximate surface area is 185 Å². The number of benzene rings is 2. The molecule has 1 atom stereocenters. The smallest absolute Gasteiger partial charge is 0.266 e. The van der Waals surface area contributed by atoms with Gasteiger partial charge in [-0.15, -0.1) is 0 Å². The van der Waals surface area contributed by atoms with Crippen molar-refractivity contribution in [2.45, 2.75) is 32.7 Å². The average Bonchev–Trinajstić information content (AvgIpc) is 3.08. The molecule has 0 aliphatic carbocycles. The quantitative estimate of drug-likeness (QED) is 0.440. The molecule has 0 spiro atoms. The first-order valence-corrected chi connectivity index (χ1v) is 10.5. The van der Waals surface area contributed by atoms with Gasteiger partial charge in [0, 0.05) is 11.1 Å². The predicted octanol–water partition coefficient (Wildman–Crippen LogP) is 2.90. The number of imide groups is 1. The van der Waals surface area contributed by atoms with Crippen LogP contribution in [0.25, 0.3) is 10.9 Å². The van der Waals surface area contributed by atoms with Crippen molar-refractivity contribution in [3.05, 3.63) is 65.9 Å².